The minimum absolute atomic E-state index is 0.0310. The SMILES string of the molecule is COCCOCC1=C(C(=O)OC)C(c2ccc(Cl)cc2Cl)N=C(c2ncc(F)cc2F)N1. The highest BCUT2D eigenvalue weighted by Gasteiger charge is 2.34. The molecule has 0 amide bonds. The van der Waals surface area contributed by atoms with E-state index in [-0.39, 0.29) is 41.0 Å². The van der Waals surface area contributed by atoms with Gasteiger partial charge in [0.1, 0.15) is 17.6 Å². The third-order valence-electron chi connectivity index (χ3n) is 4.50. The maximum absolute atomic E-state index is 14.5. The van der Waals surface area contributed by atoms with Gasteiger partial charge in [-0.15, -0.1) is 0 Å². The first-order chi connectivity index (χ1) is 15.3. The van der Waals surface area contributed by atoms with Gasteiger partial charge < -0.3 is 19.5 Å². The lowest BCUT2D eigenvalue weighted by atomic mass is 9.95. The molecule has 1 atom stereocenters. The number of carbonyl (C=O) groups is 1. The van der Waals surface area contributed by atoms with Gasteiger partial charge in [-0.1, -0.05) is 29.3 Å². The van der Waals surface area contributed by atoms with Gasteiger partial charge >= 0.3 is 5.97 Å². The number of benzene rings is 1. The molecule has 0 radical (unpaired) electrons. The quantitative estimate of drug-likeness (QED) is 0.451. The van der Waals surface area contributed by atoms with Crippen LogP contribution in [0.2, 0.25) is 10.0 Å². The molecule has 1 aromatic carbocycles. The molecule has 1 aliphatic heterocycles. The summed E-state index contributed by atoms with van der Waals surface area (Å²) in [5.74, 6) is -2.49. The van der Waals surface area contributed by atoms with Crippen molar-refractivity contribution < 1.29 is 27.8 Å². The highest BCUT2D eigenvalue weighted by Crippen LogP contribution is 2.37. The second-order valence-electron chi connectivity index (χ2n) is 6.58. The van der Waals surface area contributed by atoms with Crippen molar-refractivity contribution in [3.05, 3.63) is 74.7 Å². The van der Waals surface area contributed by atoms with E-state index in [0.29, 0.717) is 23.3 Å². The molecule has 1 N–H and O–H groups in total. The zero-order chi connectivity index (χ0) is 23.3. The van der Waals surface area contributed by atoms with E-state index in [1.165, 1.54) is 20.3 Å². The smallest absolute Gasteiger partial charge is 0.338 e. The number of nitrogens with one attached hydrogen (secondary N) is 1. The lowest BCUT2D eigenvalue weighted by Gasteiger charge is -2.27. The van der Waals surface area contributed by atoms with Crippen LogP contribution < -0.4 is 5.32 Å². The van der Waals surface area contributed by atoms with Crippen LogP contribution in [0.5, 0.6) is 0 Å². The first kappa shape index (κ1) is 24.1. The minimum atomic E-state index is -0.990. The number of nitrogens with zero attached hydrogens (tertiary/aromatic N) is 2. The maximum atomic E-state index is 14.5. The van der Waals surface area contributed by atoms with Crippen LogP contribution in [-0.2, 0) is 19.0 Å². The molecule has 170 valence electrons. The molecule has 0 aliphatic carbocycles. The molecule has 3 rings (SSSR count). The number of methoxy groups -OCH3 is 2. The van der Waals surface area contributed by atoms with Crippen LogP contribution in [0.4, 0.5) is 8.78 Å². The number of esters is 1. The summed E-state index contributed by atoms with van der Waals surface area (Å²) in [6, 6.07) is 4.38. The normalized spacial score (nSPS) is 15.9. The third-order valence-corrected chi connectivity index (χ3v) is 5.06. The van der Waals surface area contributed by atoms with Gasteiger partial charge in [0.2, 0.25) is 0 Å². The molecule has 0 saturated heterocycles. The number of aromatic nitrogens is 1. The lowest BCUT2D eigenvalue weighted by Crippen LogP contribution is -2.36. The number of hydrogen-bond donors (Lipinski definition) is 1. The van der Waals surface area contributed by atoms with Crippen LogP contribution in [-0.4, -0.2) is 50.8 Å². The van der Waals surface area contributed by atoms with Gasteiger partial charge in [-0.3, -0.25) is 4.99 Å². The Kier molecular flexibility index (Phi) is 8.14. The molecule has 1 unspecified atom stereocenters. The van der Waals surface area contributed by atoms with E-state index in [1.807, 2.05) is 0 Å². The van der Waals surface area contributed by atoms with Crippen molar-refractivity contribution in [2.24, 2.45) is 4.99 Å². The highest BCUT2D eigenvalue weighted by molar-refractivity contribution is 6.35. The van der Waals surface area contributed by atoms with Crippen LogP contribution in [0, 0.1) is 11.6 Å². The number of amidine groups is 1. The number of aliphatic imine (C=N–C) groups is 1. The van der Waals surface area contributed by atoms with E-state index < -0.39 is 23.6 Å². The monoisotopic (exact) mass is 485 g/mol. The Morgan fingerprint density at radius 3 is 2.62 bits per heavy atom. The van der Waals surface area contributed by atoms with E-state index in [0.717, 1.165) is 6.20 Å². The topological polar surface area (TPSA) is 82.0 Å². The summed E-state index contributed by atoms with van der Waals surface area (Å²) in [5.41, 5.74) is 0.562. The number of carbonyl (C=O) groups excluding carboxylic acids is 1. The van der Waals surface area contributed by atoms with Gasteiger partial charge in [-0.05, 0) is 12.1 Å². The maximum Gasteiger partial charge on any atom is 0.338 e. The van der Waals surface area contributed by atoms with E-state index in [9.17, 15) is 13.6 Å². The predicted molar refractivity (Wildman–Crippen MR) is 115 cm³/mol. The van der Waals surface area contributed by atoms with Crippen molar-refractivity contribution in [2.75, 3.05) is 34.0 Å². The van der Waals surface area contributed by atoms with Crippen molar-refractivity contribution in [1.29, 1.82) is 0 Å². The number of pyridine rings is 1. The molecule has 2 heterocycles. The van der Waals surface area contributed by atoms with Crippen molar-refractivity contribution in [3.8, 4) is 0 Å². The van der Waals surface area contributed by atoms with Gasteiger partial charge in [0.15, 0.2) is 11.7 Å². The molecule has 0 fully saturated rings. The van der Waals surface area contributed by atoms with Crippen LogP contribution >= 0.6 is 23.2 Å². The average Bonchev–Trinajstić information content (AvgIpc) is 2.76. The minimum Gasteiger partial charge on any atom is -0.466 e. The first-order valence-electron chi connectivity index (χ1n) is 9.35. The Hall–Kier alpha value is -2.59. The fraction of sp³-hybridized carbons (Fsp3) is 0.286. The van der Waals surface area contributed by atoms with E-state index >= 15 is 0 Å². The zero-order valence-electron chi connectivity index (χ0n) is 17.1. The summed E-state index contributed by atoms with van der Waals surface area (Å²) in [5, 5.41) is 3.49. The van der Waals surface area contributed by atoms with Gasteiger partial charge in [-0.2, -0.15) is 0 Å². The second-order valence-corrected chi connectivity index (χ2v) is 7.43. The van der Waals surface area contributed by atoms with Gasteiger partial charge in [0, 0.05) is 28.8 Å². The summed E-state index contributed by atoms with van der Waals surface area (Å²) in [7, 11) is 2.74. The van der Waals surface area contributed by atoms with Crippen LogP contribution in [0.1, 0.15) is 17.3 Å². The van der Waals surface area contributed by atoms with Gasteiger partial charge in [0.25, 0.3) is 0 Å². The number of halogens is 4. The van der Waals surface area contributed by atoms with Crippen molar-refractivity contribution in [1.82, 2.24) is 10.3 Å². The Bertz CT molecular complexity index is 1080. The second kappa shape index (κ2) is 10.8. The first-order valence-corrected chi connectivity index (χ1v) is 10.1. The van der Waals surface area contributed by atoms with Crippen molar-refractivity contribution in [3.63, 3.8) is 0 Å². The summed E-state index contributed by atoms with van der Waals surface area (Å²) in [4.78, 5) is 21.0. The molecule has 0 bridgehead atoms. The van der Waals surface area contributed by atoms with Gasteiger partial charge in [-0.25, -0.2) is 18.6 Å². The third kappa shape index (κ3) is 5.42. The number of rotatable bonds is 8. The summed E-state index contributed by atoms with van der Waals surface area (Å²) < 4.78 is 43.3. The highest BCUT2D eigenvalue weighted by atomic mass is 35.5. The molecular formula is C21H19Cl2F2N3O4. The van der Waals surface area contributed by atoms with Gasteiger partial charge in [0.05, 0.1) is 44.4 Å². The van der Waals surface area contributed by atoms with E-state index in [4.69, 9.17) is 37.4 Å². The molecule has 0 spiro atoms. The summed E-state index contributed by atoms with van der Waals surface area (Å²) in [6.45, 7) is 0.484. The number of hydrogen-bond acceptors (Lipinski definition) is 7. The summed E-state index contributed by atoms with van der Waals surface area (Å²) >= 11 is 12.4. The Balaban J connectivity index is 2.13. The van der Waals surface area contributed by atoms with E-state index in [2.05, 4.69) is 15.3 Å². The van der Waals surface area contributed by atoms with Crippen molar-refractivity contribution in [2.45, 2.75) is 6.04 Å². The Morgan fingerprint density at radius 2 is 1.97 bits per heavy atom. The Labute approximate surface area is 193 Å². The van der Waals surface area contributed by atoms with Crippen molar-refractivity contribution >= 4 is 35.0 Å². The molecule has 1 aliphatic rings. The lowest BCUT2D eigenvalue weighted by molar-refractivity contribution is -0.136. The van der Waals surface area contributed by atoms with E-state index in [1.54, 1.807) is 12.1 Å². The molecule has 32 heavy (non-hydrogen) atoms. The zero-order valence-corrected chi connectivity index (χ0v) is 18.6. The molecule has 11 heteroatoms. The average molecular weight is 486 g/mol. The predicted octanol–water partition coefficient (Wildman–Crippen LogP) is 3.85. The largest absolute Gasteiger partial charge is 0.466 e. The molecule has 0 saturated carbocycles. The molecule has 2 aromatic rings. The number of ether oxygens (including phenoxy) is 3. The fourth-order valence-corrected chi connectivity index (χ4v) is 3.55. The standard InChI is InChI=1S/C21H19Cl2F2N3O4/c1-30-5-6-32-10-16-17(21(29)31-2)18(13-4-3-11(22)7-14(13)23)28-20(27-16)19-15(25)8-12(24)9-26-19/h3-4,7-9,18H,5-6,10H2,1-2H3,(H,27,28). The van der Waals surface area contributed by atoms with Crippen LogP contribution in [0.25, 0.3) is 0 Å². The Morgan fingerprint density at radius 1 is 1.19 bits per heavy atom. The molecule has 1 aromatic heterocycles. The fourth-order valence-electron chi connectivity index (χ4n) is 3.03. The molecule has 7 nitrogen and oxygen atoms in total. The molecular weight excluding hydrogens is 467 g/mol. The summed E-state index contributed by atoms with van der Waals surface area (Å²) in [6.07, 6.45) is 0.862. The van der Waals surface area contributed by atoms with Crippen LogP contribution in [0.3, 0.4) is 0 Å². The van der Waals surface area contributed by atoms with Crippen LogP contribution in [0.15, 0.2) is 46.7 Å².